The van der Waals surface area contributed by atoms with Crippen LogP contribution in [-0.2, 0) is 0 Å². The van der Waals surface area contributed by atoms with E-state index < -0.39 is 11.8 Å². The van der Waals surface area contributed by atoms with E-state index in [1.54, 1.807) is 4.90 Å². The maximum absolute atomic E-state index is 11.3. The van der Waals surface area contributed by atoms with Crippen molar-refractivity contribution in [3.8, 4) is 0 Å². The summed E-state index contributed by atoms with van der Waals surface area (Å²) in [7, 11) is 1.85. The first-order chi connectivity index (χ1) is 6.85. The average molecular weight is 214 g/mol. The van der Waals surface area contributed by atoms with Crippen LogP contribution in [0.15, 0.2) is 0 Å². The highest BCUT2D eigenvalue weighted by Gasteiger charge is 2.48. The summed E-state index contributed by atoms with van der Waals surface area (Å²) >= 11 is 0. The van der Waals surface area contributed by atoms with Gasteiger partial charge in [-0.25, -0.2) is 4.79 Å². The quantitative estimate of drug-likeness (QED) is 0.703. The molecular formula is C11H22N2O2. The standard InChI is InChI=1S/C11H22N2O2/c1-10(2,3)11(12-4)7-5-6-8-13(11)9(14)15/h12H,5-8H2,1-4H3,(H,14,15). The molecule has 15 heavy (non-hydrogen) atoms. The molecule has 1 aliphatic heterocycles. The number of piperidine rings is 1. The Labute approximate surface area is 91.6 Å². The fourth-order valence-electron chi connectivity index (χ4n) is 2.65. The van der Waals surface area contributed by atoms with Gasteiger partial charge in [0.05, 0.1) is 0 Å². The minimum atomic E-state index is -0.820. The van der Waals surface area contributed by atoms with E-state index in [-0.39, 0.29) is 5.41 Å². The van der Waals surface area contributed by atoms with E-state index in [0.29, 0.717) is 6.54 Å². The topological polar surface area (TPSA) is 52.6 Å². The first kappa shape index (κ1) is 12.3. The van der Waals surface area contributed by atoms with Crippen molar-refractivity contribution in [2.24, 2.45) is 5.41 Å². The number of likely N-dealkylation sites (tertiary alicyclic amines) is 1. The van der Waals surface area contributed by atoms with Gasteiger partial charge in [0.15, 0.2) is 0 Å². The summed E-state index contributed by atoms with van der Waals surface area (Å²) in [5.41, 5.74) is -0.516. The lowest BCUT2D eigenvalue weighted by atomic mass is 9.74. The zero-order valence-corrected chi connectivity index (χ0v) is 10.1. The van der Waals surface area contributed by atoms with Crippen molar-refractivity contribution in [1.29, 1.82) is 0 Å². The molecule has 0 aliphatic carbocycles. The number of amides is 1. The molecule has 1 heterocycles. The first-order valence-electron chi connectivity index (χ1n) is 5.54. The number of carbonyl (C=O) groups is 1. The zero-order valence-electron chi connectivity index (χ0n) is 10.1. The summed E-state index contributed by atoms with van der Waals surface area (Å²) in [5.74, 6) is 0. The van der Waals surface area contributed by atoms with Crippen LogP contribution in [-0.4, -0.2) is 35.4 Å². The van der Waals surface area contributed by atoms with Crippen molar-refractivity contribution in [1.82, 2.24) is 10.2 Å². The molecule has 88 valence electrons. The molecule has 0 radical (unpaired) electrons. The maximum atomic E-state index is 11.3. The predicted octanol–water partition coefficient (Wildman–Crippen LogP) is 2.11. The Bertz CT molecular complexity index is 247. The summed E-state index contributed by atoms with van der Waals surface area (Å²) < 4.78 is 0. The highest BCUT2D eigenvalue weighted by Crippen LogP contribution is 2.40. The van der Waals surface area contributed by atoms with Crippen molar-refractivity contribution in [3.63, 3.8) is 0 Å². The molecule has 0 saturated carbocycles. The second-order valence-corrected chi connectivity index (χ2v) is 5.25. The summed E-state index contributed by atoms with van der Waals surface area (Å²) in [6.07, 6.45) is 2.12. The number of hydrogen-bond donors (Lipinski definition) is 2. The molecule has 1 unspecified atom stereocenters. The van der Waals surface area contributed by atoms with E-state index in [0.717, 1.165) is 19.3 Å². The maximum Gasteiger partial charge on any atom is 0.408 e. The van der Waals surface area contributed by atoms with Crippen LogP contribution in [0.2, 0.25) is 0 Å². The predicted molar refractivity (Wildman–Crippen MR) is 59.8 cm³/mol. The van der Waals surface area contributed by atoms with E-state index in [2.05, 4.69) is 26.1 Å². The van der Waals surface area contributed by atoms with Crippen molar-refractivity contribution in [2.75, 3.05) is 13.6 Å². The van der Waals surface area contributed by atoms with Gasteiger partial charge in [-0.1, -0.05) is 20.8 Å². The highest BCUT2D eigenvalue weighted by atomic mass is 16.4. The van der Waals surface area contributed by atoms with Crippen LogP contribution >= 0.6 is 0 Å². The van der Waals surface area contributed by atoms with E-state index in [1.807, 2.05) is 7.05 Å². The van der Waals surface area contributed by atoms with E-state index in [9.17, 15) is 9.90 Å². The van der Waals surface area contributed by atoms with Gasteiger partial charge >= 0.3 is 6.09 Å². The SMILES string of the molecule is CNC1(C(C)(C)C)CCCCN1C(=O)O. The molecule has 0 aromatic rings. The number of hydrogen-bond acceptors (Lipinski definition) is 2. The van der Waals surface area contributed by atoms with Gasteiger partial charge in [0.25, 0.3) is 0 Å². The average Bonchev–Trinajstić information content (AvgIpc) is 2.15. The largest absolute Gasteiger partial charge is 0.465 e. The Balaban J connectivity index is 3.07. The van der Waals surface area contributed by atoms with Crippen LogP contribution in [0.3, 0.4) is 0 Å². The fourth-order valence-corrected chi connectivity index (χ4v) is 2.65. The number of nitrogens with one attached hydrogen (secondary N) is 1. The van der Waals surface area contributed by atoms with E-state index in [4.69, 9.17) is 0 Å². The van der Waals surface area contributed by atoms with Gasteiger partial charge in [-0.05, 0) is 31.7 Å². The third-order valence-electron chi connectivity index (χ3n) is 3.52. The summed E-state index contributed by atoms with van der Waals surface area (Å²) in [6, 6.07) is 0. The molecule has 1 aliphatic rings. The molecule has 0 aromatic heterocycles. The normalized spacial score (nSPS) is 27.9. The summed E-state index contributed by atoms with van der Waals surface area (Å²) in [4.78, 5) is 12.8. The monoisotopic (exact) mass is 214 g/mol. The summed E-state index contributed by atoms with van der Waals surface area (Å²) in [6.45, 7) is 6.90. The molecular weight excluding hydrogens is 192 g/mol. The van der Waals surface area contributed by atoms with Crippen molar-refractivity contribution < 1.29 is 9.90 Å². The van der Waals surface area contributed by atoms with Crippen LogP contribution in [0.4, 0.5) is 4.79 Å². The van der Waals surface area contributed by atoms with Crippen molar-refractivity contribution in [3.05, 3.63) is 0 Å². The molecule has 1 amide bonds. The van der Waals surface area contributed by atoms with Crippen LogP contribution < -0.4 is 5.32 Å². The third kappa shape index (κ3) is 1.95. The smallest absolute Gasteiger partial charge is 0.408 e. The fraction of sp³-hybridized carbons (Fsp3) is 0.909. The minimum absolute atomic E-state index is 0.0967. The van der Waals surface area contributed by atoms with Crippen LogP contribution in [0.25, 0.3) is 0 Å². The lowest BCUT2D eigenvalue weighted by molar-refractivity contribution is -0.0441. The third-order valence-corrected chi connectivity index (χ3v) is 3.52. The lowest BCUT2D eigenvalue weighted by Crippen LogP contribution is -2.68. The van der Waals surface area contributed by atoms with Gasteiger partial charge in [-0.15, -0.1) is 0 Å². The van der Waals surface area contributed by atoms with Crippen LogP contribution in [0, 0.1) is 5.41 Å². The van der Waals surface area contributed by atoms with E-state index in [1.165, 1.54) is 0 Å². The lowest BCUT2D eigenvalue weighted by Gasteiger charge is -2.53. The molecule has 1 saturated heterocycles. The molecule has 0 bridgehead atoms. The van der Waals surface area contributed by atoms with Crippen LogP contribution in [0.5, 0.6) is 0 Å². The molecule has 2 N–H and O–H groups in total. The van der Waals surface area contributed by atoms with Gasteiger partial charge < -0.3 is 5.11 Å². The van der Waals surface area contributed by atoms with Gasteiger partial charge in [-0.2, -0.15) is 0 Å². The number of rotatable bonds is 1. The Kier molecular flexibility index (Phi) is 3.28. The molecule has 1 atom stereocenters. The first-order valence-corrected chi connectivity index (χ1v) is 5.54. The second-order valence-electron chi connectivity index (χ2n) is 5.25. The minimum Gasteiger partial charge on any atom is -0.465 e. The molecule has 0 aromatic carbocycles. The van der Waals surface area contributed by atoms with Crippen LogP contribution in [0.1, 0.15) is 40.0 Å². The Hall–Kier alpha value is -0.770. The zero-order chi connectivity index (χ0) is 11.7. The van der Waals surface area contributed by atoms with Crippen molar-refractivity contribution in [2.45, 2.75) is 45.7 Å². The highest BCUT2D eigenvalue weighted by molar-refractivity contribution is 5.66. The Morgan fingerprint density at radius 1 is 1.40 bits per heavy atom. The van der Waals surface area contributed by atoms with Gasteiger partial charge in [0, 0.05) is 6.54 Å². The Morgan fingerprint density at radius 2 is 2.00 bits per heavy atom. The molecule has 1 rings (SSSR count). The molecule has 4 heteroatoms. The van der Waals surface area contributed by atoms with Gasteiger partial charge in [0.2, 0.25) is 0 Å². The second kappa shape index (κ2) is 4.00. The van der Waals surface area contributed by atoms with Gasteiger partial charge in [0.1, 0.15) is 5.66 Å². The summed E-state index contributed by atoms with van der Waals surface area (Å²) in [5, 5.41) is 12.5. The molecule has 4 nitrogen and oxygen atoms in total. The van der Waals surface area contributed by atoms with Gasteiger partial charge in [-0.3, -0.25) is 10.2 Å². The Morgan fingerprint density at radius 3 is 2.33 bits per heavy atom. The van der Waals surface area contributed by atoms with E-state index >= 15 is 0 Å². The molecule has 0 spiro atoms. The van der Waals surface area contributed by atoms with Crippen molar-refractivity contribution >= 4 is 6.09 Å². The number of nitrogens with zero attached hydrogens (tertiary/aromatic N) is 1. The number of carboxylic acid groups (broad SMARTS) is 1. The molecule has 1 fully saturated rings.